The van der Waals surface area contributed by atoms with Crippen LogP contribution in [0.5, 0.6) is 0 Å². The lowest BCUT2D eigenvalue weighted by Crippen LogP contribution is -1.97. The Bertz CT molecular complexity index is 2370. The average Bonchev–Trinajstić information content (AvgIpc) is 3.11. The molecule has 0 saturated carbocycles. The molecular weight excluding hydrogens is 558 g/mol. The summed E-state index contributed by atoms with van der Waals surface area (Å²) in [6, 6.07) is 40.4. The lowest BCUT2D eigenvalue weighted by Gasteiger charge is -2.12. The average molecular weight is 592 g/mol. The van der Waals surface area contributed by atoms with Crippen LogP contribution < -0.4 is 5.73 Å². The highest BCUT2D eigenvalue weighted by atomic mass is 14.7. The number of fused-ring (bicyclic) bond motifs is 7. The van der Waals surface area contributed by atoms with Gasteiger partial charge in [-0.15, -0.1) is 0 Å². The van der Waals surface area contributed by atoms with Gasteiger partial charge in [0.2, 0.25) is 0 Å². The van der Waals surface area contributed by atoms with Gasteiger partial charge >= 0.3 is 0 Å². The van der Waals surface area contributed by atoms with Crippen molar-refractivity contribution >= 4 is 66.3 Å². The number of allylic oxidation sites excluding steroid dienone is 4. The number of benzene rings is 6. The third-order valence-electron chi connectivity index (χ3n) is 8.61. The molecule has 0 atom stereocenters. The van der Waals surface area contributed by atoms with E-state index in [9.17, 15) is 0 Å². The summed E-state index contributed by atoms with van der Waals surface area (Å²) in [4.78, 5) is 9.78. The first-order valence-electron chi connectivity index (χ1n) is 15.4. The largest absolute Gasteiger partial charge is 0.396 e. The number of anilines is 1. The standard InChI is InChI=1S/C43H33N3/c1-4-6-11-31-20-21-32-23-25-41(46-43(32)42(31)44)30-18-16-29(17-19-30)40(5-2)45-27-28(3)33-22-24-38-36-14-8-7-12-34(36)35-13-9-10-15-37(35)39(38)26-33/h4-27H,1-2,44H2,3H3/b11-6-,28-27+,45-40?. The van der Waals surface area contributed by atoms with E-state index in [2.05, 4.69) is 117 Å². The summed E-state index contributed by atoms with van der Waals surface area (Å²) in [6.07, 6.45) is 9.29. The molecule has 0 aliphatic carbocycles. The highest BCUT2D eigenvalue weighted by molar-refractivity contribution is 6.25. The van der Waals surface area contributed by atoms with E-state index < -0.39 is 0 Å². The van der Waals surface area contributed by atoms with Gasteiger partial charge < -0.3 is 5.73 Å². The van der Waals surface area contributed by atoms with Crippen molar-refractivity contribution < 1.29 is 0 Å². The Labute approximate surface area is 269 Å². The molecular formula is C43H33N3. The number of nitrogen functional groups attached to an aromatic ring is 1. The molecule has 0 spiro atoms. The molecule has 3 heteroatoms. The van der Waals surface area contributed by atoms with Crippen molar-refractivity contribution in [1.29, 1.82) is 0 Å². The summed E-state index contributed by atoms with van der Waals surface area (Å²) >= 11 is 0. The number of nitrogens with zero attached hydrogens (tertiary/aromatic N) is 2. The first-order valence-corrected chi connectivity index (χ1v) is 15.4. The van der Waals surface area contributed by atoms with Crippen molar-refractivity contribution in [2.45, 2.75) is 6.92 Å². The van der Waals surface area contributed by atoms with Crippen molar-refractivity contribution in [2.75, 3.05) is 5.73 Å². The minimum atomic E-state index is 0.658. The second-order valence-electron chi connectivity index (χ2n) is 11.4. The second-order valence-corrected chi connectivity index (χ2v) is 11.4. The van der Waals surface area contributed by atoms with E-state index in [-0.39, 0.29) is 0 Å². The predicted octanol–water partition coefficient (Wildman–Crippen LogP) is 11.2. The van der Waals surface area contributed by atoms with Crippen LogP contribution in [0, 0.1) is 0 Å². The quantitative estimate of drug-likeness (QED) is 0.0867. The Morgan fingerprint density at radius 3 is 1.96 bits per heavy atom. The number of aromatic nitrogens is 1. The minimum absolute atomic E-state index is 0.658. The van der Waals surface area contributed by atoms with Crippen molar-refractivity contribution in [1.82, 2.24) is 4.98 Å². The van der Waals surface area contributed by atoms with Crippen molar-refractivity contribution in [3.05, 3.63) is 170 Å². The Balaban J connectivity index is 1.20. The van der Waals surface area contributed by atoms with Gasteiger partial charge in [-0.05, 0) is 74.1 Å². The number of pyridine rings is 1. The number of hydrogen-bond acceptors (Lipinski definition) is 3. The zero-order valence-electron chi connectivity index (χ0n) is 25.7. The lowest BCUT2D eigenvalue weighted by atomic mass is 9.92. The SMILES string of the molecule is C=C/C=C\c1ccc2ccc(-c3ccc(C(C=C)=N/C=C(\C)c4ccc5c6ccccc6c6ccccc6c5c4)cc3)nc2c1N. The number of aliphatic imine (C=N–C) groups is 1. The molecule has 220 valence electrons. The molecule has 0 saturated heterocycles. The predicted molar refractivity (Wildman–Crippen MR) is 200 cm³/mol. The smallest absolute Gasteiger partial charge is 0.0944 e. The third kappa shape index (κ3) is 5.18. The molecule has 0 aliphatic heterocycles. The molecule has 7 aromatic rings. The molecule has 1 aromatic heterocycles. The van der Waals surface area contributed by atoms with Gasteiger partial charge in [0.15, 0.2) is 0 Å². The minimum Gasteiger partial charge on any atom is -0.396 e. The fraction of sp³-hybridized carbons (Fsp3) is 0.0233. The van der Waals surface area contributed by atoms with Crippen LogP contribution >= 0.6 is 0 Å². The molecule has 0 amide bonds. The molecule has 46 heavy (non-hydrogen) atoms. The first-order chi connectivity index (χ1) is 22.6. The zero-order valence-corrected chi connectivity index (χ0v) is 25.7. The first kappa shape index (κ1) is 28.7. The third-order valence-corrected chi connectivity index (χ3v) is 8.61. The maximum atomic E-state index is 6.48. The topological polar surface area (TPSA) is 51.3 Å². The fourth-order valence-electron chi connectivity index (χ4n) is 6.15. The summed E-state index contributed by atoms with van der Waals surface area (Å²) in [6.45, 7) is 9.90. The Hall–Kier alpha value is -6.06. The Morgan fingerprint density at radius 2 is 1.30 bits per heavy atom. The van der Waals surface area contributed by atoms with Gasteiger partial charge in [-0.1, -0.05) is 135 Å². The van der Waals surface area contributed by atoms with Crippen LogP contribution in [0.1, 0.15) is 23.6 Å². The molecule has 7 rings (SSSR count). The summed E-state index contributed by atoms with van der Waals surface area (Å²) in [7, 11) is 0. The Kier molecular flexibility index (Phi) is 7.58. The fourth-order valence-corrected chi connectivity index (χ4v) is 6.15. The Morgan fingerprint density at radius 1 is 0.696 bits per heavy atom. The maximum Gasteiger partial charge on any atom is 0.0944 e. The number of nitrogens with two attached hydrogens (primary N) is 1. The van der Waals surface area contributed by atoms with E-state index in [1.54, 1.807) is 12.2 Å². The highest BCUT2D eigenvalue weighted by Crippen LogP contribution is 2.36. The van der Waals surface area contributed by atoms with E-state index in [1.165, 1.54) is 32.3 Å². The highest BCUT2D eigenvalue weighted by Gasteiger charge is 2.10. The summed E-state index contributed by atoms with van der Waals surface area (Å²) in [5, 5.41) is 8.59. The molecule has 6 aromatic carbocycles. The van der Waals surface area contributed by atoms with E-state index in [1.807, 2.05) is 36.6 Å². The summed E-state index contributed by atoms with van der Waals surface area (Å²) in [5.41, 5.74) is 14.7. The molecule has 0 radical (unpaired) electrons. The van der Waals surface area contributed by atoms with Crippen molar-refractivity contribution in [3.8, 4) is 11.3 Å². The van der Waals surface area contributed by atoms with Crippen LogP contribution in [0.2, 0.25) is 0 Å². The number of rotatable bonds is 7. The van der Waals surface area contributed by atoms with Crippen LogP contribution in [-0.2, 0) is 0 Å². The summed E-state index contributed by atoms with van der Waals surface area (Å²) < 4.78 is 0. The second kappa shape index (κ2) is 12.1. The molecule has 3 nitrogen and oxygen atoms in total. The van der Waals surface area contributed by atoms with Crippen LogP contribution in [0.15, 0.2) is 158 Å². The van der Waals surface area contributed by atoms with E-state index in [0.29, 0.717) is 5.69 Å². The van der Waals surface area contributed by atoms with Crippen LogP contribution in [0.4, 0.5) is 5.69 Å². The van der Waals surface area contributed by atoms with E-state index in [0.717, 1.165) is 50.1 Å². The zero-order chi connectivity index (χ0) is 31.6. The van der Waals surface area contributed by atoms with Crippen molar-refractivity contribution in [3.63, 3.8) is 0 Å². The van der Waals surface area contributed by atoms with Gasteiger partial charge in [0.05, 0.1) is 22.6 Å². The van der Waals surface area contributed by atoms with Crippen molar-refractivity contribution in [2.24, 2.45) is 4.99 Å². The lowest BCUT2D eigenvalue weighted by molar-refractivity contribution is 1.39. The van der Waals surface area contributed by atoms with Gasteiger partial charge in [0.1, 0.15) is 0 Å². The molecule has 0 unspecified atom stereocenters. The van der Waals surface area contributed by atoms with Gasteiger partial charge in [-0.25, -0.2) is 4.98 Å². The van der Waals surface area contributed by atoms with Gasteiger partial charge in [-0.2, -0.15) is 0 Å². The van der Waals surface area contributed by atoms with Crippen LogP contribution in [-0.4, -0.2) is 10.7 Å². The van der Waals surface area contributed by atoms with E-state index in [4.69, 9.17) is 15.7 Å². The molecule has 0 aliphatic rings. The number of hydrogen-bond donors (Lipinski definition) is 1. The maximum absolute atomic E-state index is 6.48. The normalized spacial score (nSPS) is 12.5. The monoisotopic (exact) mass is 591 g/mol. The van der Waals surface area contributed by atoms with E-state index >= 15 is 0 Å². The molecule has 0 fully saturated rings. The van der Waals surface area contributed by atoms with Gasteiger partial charge in [0.25, 0.3) is 0 Å². The molecule has 1 heterocycles. The van der Waals surface area contributed by atoms with Gasteiger partial charge in [-0.3, -0.25) is 4.99 Å². The molecule has 2 N–H and O–H groups in total. The van der Waals surface area contributed by atoms with Gasteiger partial charge in [0, 0.05) is 22.7 Å². The molecule has 0 bridgehead atoms. The van der Waals surface area contributed by atoms with Crippen LogP contribution in [0.3, 0.4) is 0 Å². The summed E-state index contributed by atoms with van der Waals surface area (Å²) in [5.74, 6) is 0. The van der Waals surface area contributed by atoms with Crippen LogP contribution in [0.25, 0.3) is 66.1 Å².